The highest BCUT2D eigenvalue weighted by Crippen LogP contribution is 2.30. The third-order valence-electron chi connectivity index (χ3n) is 6.62. The number of nitrogens with one attached hydrogen (secondary N) is 1. The summed E-state index contributed by atoms with van der Waals surface area (Å²) in [6.07, 6.45) is 3.78. The molecule has 1 aliphatic rings. The lowest BCUT2D eigenvalue weighted by molar-refractivity contribution is -0.115. The maximum Gasteiger partial charge on any atom is 0.237 e. The minimum atomic E-state index is -0.309. The number of likely N-dealkylation sites (tertiary alicyclic amines) is 1. The van der Waals surface area contributed by atoms with E-state index < -0.39 is 0 Å². The SMILES string of the molecule is Cc1cccc(C(C)C)c1NC(=O)C(C)Sc1nnc(CN2CCCCC2)n1Cc1ccccc1. The molecule has 6 nitrogen and oxygen atoms in total. The van der Waals surface area contributed by atoms with Crippen LogP contribution in [0.2, 0.25) is 0 Å². The summed E-state index contributed by atoms with van der Waals surface area (Å²) in [7, 11) is 0. The quantitative estimate of drug-likeness (QED) is 0.380. The van der Waals surface area contributed by atoms with Crippen LogP contribution in [0.25, 0.3) is 0 Å². The van der Waals surface area contributed by atoms with Crippen molar-refractivity contribution in [1.29, 1.82) is 0 Å². The number of thioether (sulfide) groups is 1. The second kappa shape index (κ2) is 11.9. The second-order valence-corrected chi connectivity index (χ2v) is 11.1. The lowest BCUT2D eigenvalue weighted by Crippen LogP contribution is -2.30. The van der Waals surface area contributed by atoms with Crippen molar-refractivity contribution < 1.29 is 4.79 Å². The number of aryl methyl sites for hydroxylation is 1. The van der Waals surface area contributed by atoms with Gasteiger partial charge < -0.3 is 9.88 Å². The molecule has 35 heavy (non-hydrogen) atoms. The van der Waals surface area contributed by atoms with Gasteiger partial charge in [0.15, 0.2) is 5.16 Å². The molecule has 1 amide bonds. The Hall–Kier alpha value is -2.64. The highest BCUT2D eigenvalue weighted by atomic mass is 32.2. The molecule has 1 aliphatic heterocycles. The standard InChI is InChI=1S/C28H37N5OS/c1-20(2)24-15-11-12-21(3)26(24)29-27(34)22(4)35-28-31-30-25(19-32-16-9-6-10-17-32)33(28)18-23-13-7-5-8-14-23/h5,7-8,11-15,20,22H,6,9-10,16-19H2,1-4H3,(H,29,34). The van der Waals surface area contributed by atoms with E-state index in [2.05, 4.69) is 75.2 Å². The lowest BCUT2D eigenvalue weighted by Gasteiger charge is -2.26. The number of hydrogen-bond donors (Lipinski definition) is 1. The molecule has 3 aromatic rings. The summed E-state index contributed by atoms with van der Waals surface area (Å²) in [4.78, 5) is 15.7. The Balaban J connectivity index is 1.53. The highest BCUT2D eigenvalue weighted by Gasteiger charge is 2.23. The van der Waals surface area contributed by atoms with Crippen molar-refractivity contribution in [2.24, 2.45) is 0 Å². The van der Waals surface area contributed by atoms with E-state index >= 15 is 0 Å². The smallest absolute Gasteiger partial charge is 0.237 e. The fourth-order valence-electron chi connectivity index (χ4n) is 4.54. The molecule has 186 valence electrons. The molecule has 1 unspecified atom stereocenters. The van der Waals surface area contributed by atoms with Crippen LogP contribution in [-0.2, 0) is 17.9 Å². The van der Waals surface area contributed by atoms with Crippen LogP contribution in [0.15, 0.2) is 53.7 Å². The summed E-state index contributed by atoms with van der Waals surface area (Å²) >= 11 is 1.48. The average molecular weight is 492 g/mol. The van der Waals surface area contributed by atoms with Crippen molar-refractivity contribution in [3.63, 3.8) is 0 Å². The Morgan fingerprint density at radius 3 is 2.43 bits per heavy atom. The number of benzene rings is 2. The first kappa shape index (κ1) is 25.5. The molecule has 2 aromatic carbocycles. The highest BCUT2D eigenvalue weighted by molar-refractivity contribution is 8.00. The molecule has 1 aromatic heterocycles. The van der Waals surface area contributed by atoms with E-state index in [0.717, 1.165) is 47.4 Å². The molecule has 0 radical (unpaired) electrons. The van der Waals surface area contributed by atoms with Gasteiger partial charge in [0.05, 0.1) is 18.3 Å². The zero-order chi connectivity index (χ0) is 24.8. The number of para-hydroxylation sites is 1. The van der Waals surface area contributed by atoms with Crippen LogP contribution < -0.4 is 5.32 Å². The first-order valence-electron chi connectivity index (χ1n) is 12.7. The average Bonchev–Trinajstić information content (AvgIpc) is 3.21. The molecule has 4 rings (SSSR count). The molecule has 1 atom stereocenters. The van der Waals surface area contributed by atoms with Gasteiger partial charge in [-0.05, 0) is 62.4 Å². The molecular formula is C28H37N5OS. The molecule has 7 heteroatoms. The first-order valence-corrected chi connectivity index (χ1v) is 13.6. The van der Waals surface area contributed by atoms with E-state index in [-0.39, 0.29) is 11.2 Å². The van der Waals surface area contributed by atoms with Gasteiger partial charge in [-0.15, -0.1) is 10.2 Å². The number of hydrogen-bond acceptors (Lipinski definition) is 5. The predicted molar refractivity (Wildman–Crippen MR) is 144 cm³/mol. The summed E-state index contributed by atoms with van der Waals surface area (Å²) in [5.41, 5.74) is 4.37. The van der Waals surface area contributed by atoms with Crippen molar-refractivity contribution in [2.45, 2.75) is 76.4 Å². The van der Waals surface area contributed by atoms with Crippen molar-refractivity contribution in [3.05, 3.63) is 71.0 Å². The Labute approximate surface area is 213 Å². The Morgan fingerprint density at radius 2 is 1.71 bits per heavy atom. The first-order chi connectivity index (χ1) is 16.9. The van der Waals surface area contributed by atoms with Crippen molar-refractivity contribution in [1.82, 2.24) is 19.7 Å². The van der Waals surface area contributed by atoms with Crippen LogP contribution in [0.5, 0.6) is 0 Å². The van der Waals surface area contributed by atoms with E-state index in [0.29, 0.717) is 12.5 Å². The van der Waals surface area contributed by atoms with Gasteiger partial charge in [0, 0.05) is 5.69 Å². The zero-order valence-electron chi connectivity index (χ0n) is 21.3. The third kappa shape index (κ3) is 6.53. The molecule has 1 fully saturated rings. The van der Waals surface area contributed by atoms with Crippen LogP contribution in [-0.4, -0.2) is 43.9 Å². The zero-order valence-corrected chi connectivity index (χ0v) is 22.1. The van der Waals surface area contributed by atoms with Crippen molar-refractivity contribution in [2.75, 3.05) is 18.4 Å². The largest absolute Gasteiger partial charge is 0.325 e. The van der Waals surface area contributed by atoms with Crippen LogP contribution >= 0.6 is 11.8 Å². The molecule has 0 aliphatic carbocycles. The fraction of sp³-hybridized carbons (Fsp3) is 0.464. The van der Waals surface area contributed by atoms with Gasteiger partial charge in [-0.2, -0.15) is 0 Å². The van der Waals surface area contributed by atoms with Crippen LogP contribution in [0, 0.1) is 6.92 Å². The van der Waals surface area contributed by atoms with E-state index in [1.165, 1.54) is 36.6 Å². The van der Waals surface area contributed by atoms with E-state index in [9.17, 15) is 4.79 Å². The number of anilines is 1. The van der Waals surface area contributed by atoms with Gasteiger partial charge in [0.25, 0.3) is 0 Å². The number of amides is 1. The van der Waals surface area contributed by atoms with Gasteiger partial charge in [-0.25, -0.2) is 0 Å². The lowest BCUT2D eigenvalue weighted by atomic mass is 9.98. The molecule has 2 heterocycles. The van der Waals surface area contributed by atoms with Gasteiger partial charge in [0.1, 0.15) is 5.82 Å². The minimum absolute atomic E-state index is 0.0157. The summed E-state index contributed by atoms with van der Waals surface area (Å²) in [6.45, 7) is 12.0. The maximum absolute atomic E-state index is 13.2. The second-order valence-electron chi connectivity index (χ2n) is 9.75. The van der Waals surface area contributed by atoms with Gasteiger partial charge in [-0.1, -0.05) is 80.6 Å². The normalized spacial score (nSPS) is 15.3. The Morgan fingerprint density at radius 1 is 0.971 bits per heavy atom. The van der Waals surface area contributed by atoms with Crippen LogP contribution in [0.3, 0.4) is 0 Å². The molecular weight excluding hydrogens is 454 g/mol. The monoisotopic (exact) mass is 491 g/mol. The Kier molecular flexibility index (Phi) is 8.63. The number of nitrogens with zero attached hydrogens (tertiary/aromatic N) is 4. The molecule has 0 bridgehead atoms. The fourth-order valence-corrected chi connectivity index (χ4v) is 5.41. The van der Waals surface area contributed by atoms with Crippen LogP contribution in [0.1, 0.15) is 68.5 Å². The summed E-state index contributed by atoms with van der Waals surface area (Å²) in [6, 6.07) is 16.6. The molecule has 0 saturated carbocycles. The summed E-state index contributed by atoms with van der Waals surface area (Å²) in [5.74, 6) is 1.28. The number of piperidine rings is 1. The number of carbonyl (C=O) groups excluding carboxylic acids is 1. The summed E-state index contributed by atoms with van der Waals surface area (Å²) < 4.78 is 2.19. The van der Waals surface area contributed by atoms with Gasteiger partial charge >= 0.3 is 0 Å². The number of rotatable bonds is 9. The Bertz CT molecular complexity index is 1120. The van der Waals surface area contributed by atoms with Gasteiger partial charge in [-0.3, -0.25) is 9.69 Å². The predicted octanol–water partition coefficient (Wildman–Crippen LogP) is 5.86. The molecule has 0 spiro atoms. The van der Waals surface area contributed by atoms with E-state index in [1.807, 2.05) is 26.0 Å². The summed E-state index contributed by atoms with van der Waals surface area (Å²) in [5, 5.41) is 12.8. The molecule has 1 saturated heterocycles. The topological polar surface area (TPSA) is 63.1 Å². The van der Waals surface area contributed by atoms with Crippen molar-refractivity contribution >= 4 is 23.4 Å². The van der Waals surface area contributed by atoms with Crippen molar-refractivity contribution in [3.8, 4) is 0 Å². The number of aromatic nitrogens is 3. The maximum atomic E-state index is 13.2. The number of carbonyl (C=O) groups is 1. The minimum Gasteiger partial charge on any atom is -0.325 e. The molecule has 1 N–H and O–H groups in total. The van der Waals surface area contributed by atoms with Crippen LogP contribution in [0.4, 0.5) is 5.69 Å². The van der Waals surface area contributed by atoms with E-state index in [1.54, 1.807) is 0 Å². The third-order valence-corrected chi connectivity index (χ3v) is 7.70. The van der Waals surface area contributed by atoms with E-state index in [4.69, 9.17) is 0 Å². The van der Waals surface area contributed by atoms with Gasteiger partial charge in [0.2, 0.25) is 5.91 Å².